The molecule has 0 aliphatic carbocycles. The lowest BCUT2D eigenvalue weighted by Crippen LogP contribution is -2.60. The van der Waals surface area contributed by atoms with Gasteiger partial charge in [0.1, 0.15) is 23.9 Å². The molecule has 3 amide bonds. The van der Waals surface area contributed by atoms with Crippen molar-refractivity contribution >= 4 is 41.4 Å². The number of carboxylic acid groups (broad SMARTS) is 2. The number of aliphatic hydroxyl groups excluding tert-OH is 1. The van der Waals surface area contributed by atoms with Gasteiger partial charge in [0.2, 0.25) is 17.7 Å². The van der Waals surface area contributed by atoms with Gasteiger partial charge in [0.25, 0.3) is 0 Å². The molecule has 5 unspecified atom stereocenters. The summed E-state index contributed by atoms with van der Waals surface area (Å²) in [5.74, 6) is -4.94. The van der Waals surface area contributed by atoms with Crippen molar-refractivity contribution in [2.24, 2.45) is 5.73 Å². The Hall–Kier alpha value is -3.36. The van der Waals surface area contributed by atoms with Crippen molar-refractivity contribution < 1.29 is 44.4 Å². The quantitative estimate of drug-likeness (QED) is 0.129. The van der Waals surface area contributed by atoms with Crippen molar-refractivity contribution in [3.63, 3.8) is 0 Å². The van der Waals surface area contributed by atoms with Crippen LogP contribution in [-0.4, -0.2) is 92.4 Å². The molecule has 1 aromatic carbocycles. The van der Waals surface area contributed by atoms with Crippen molar-refractivity contribution in [2.75, 3.05) is 12.0 Å². The highest BCUT2D eigenvalue weighted by molar-refractivity contribution is 7.98. The first kappa shape index (κ1) is 30.7. The zero-order chi connectivity index (χ0) is 27.4. The lowest BCUT2D eigenvalue weighted by Gasteiger charge is -2.26. The van der Waals surface area contributed by atoms with Crippen LogP contribution in [0.3, 0.4) is 0 Å². The second-order valence-corrected chi connectivity index (χ2v) is 9.03. The number of nitrogens with two attached hydrogens (primary N) is 1. The third-order valence-corrected chi connectivity index (χ3v) is 5.67. The molecule has 200 valence electrons. The van der Waals surface area contributed by atoms with Crippen LogP contribution in [0.15, 0.2) is 24.3 Å². The van der Waals surface area contributed by atoms with Crippen molar-refractivity contribution in [2.45, 2.75) is 56.5 Å². The Morgan fingerprint density at radius 1 is 0.944 bits per heavy atom. The molecule has 0 aromatic heterocycles. The largest absolute Gasteiger partial charge is 0.508 e. The van der Waals surface area contributed by atoms with Gasteiger partial charge in [0.15, 0.2) is 0 Å². The minimum Gasteiger partial charge on any atom is -0.508 e. The normalized spacial score (nSPS) is 15.0. The number of hydrogen-bond donors (Lipinski definition) is 8. The molecule has 0 spiro atoms. The van der Waals surface area contributed by atoms with E-state index >= 15 is 0 Å². The SMILES string of the molecule is CSCCC(NC(=O)C(N)CC(=O)O)C(=O)NC(C(=O)NC(Cc1ccc(O)cc1)C(=O)O)C(C)O. The summed E-state index contributed by atoms with van der Waals surface area (Å²) in [6, 6.07) is 0.145. The predicted molar refractivity (Wildman–Crippen MR) is 130 cm³/mol. The number of rotatable bonds is 15. The van der Waals surface area contributed by atoms with Crippen molar-refractivity contribution in [3.05, 3.63) is 29.8 Å². The Kier molecular flexibility index (Phi) is 12.7. The van der Waals surface area contributed by atoms with Crippen LogP contribution in [0.4, 0.5) is 0 Å². The minimum absolute atomic E-state index is 0.0152. The molecular formula is C22H32N4O9S. The van der Waals surface area contributed by atoms with Crippen LogP contribution in [0.2, 0.25) is 0 Å². The summed E-state index contributed by atoms with van der Waals surface area (Å²) < 4.78 is 0. The Morgan fingerprint density at radius 3 is 2.03 bits per heavy atom. The first-order valence-electron chi connectivity index (χ1n) is 10.9. The van der Waals surface area contributed by atoms with Gasteiger partial charge in [-0.1, -0.05) is 12.1 Å². The van der Waals surface area contributed by atoms with Gasteiger partial charge in [-0.2, -0.15) is 11.8 Å². The second kappa shape index (κ2) is 14.9. The van der Waals surface area contributed by atoms with E-state index in [0.29, 0.717) is 11.3 Å². The molecular weight excluding hydrogens is 496 g/mol. The zero-order valence-corrected chi connectivity index (χ0v) is 20.7. The Bertz CT molecular complexity index is 927. The van der Waals surface area contributed by atoms with Crippen molar-refractivity contribution in [1.29, 1.82) is 0 Å². The number of aliphatic carboxylic acids is 2. The van der Waals surface area contributed by atoms with E-state index in [1.54, 1.807) is 6.26 Å². The van der Waals surface area contributed by atoms with Gasteiger partial charge in [0.05, 0.1) is 18.6 Å². The van der Waals surface area contributed by atoms with Crippen LogP contribution >= 0.6 is 11.8 Å². The van der Waals surface area contributed by atoms with E-state index in [1.165, 1.54) is 43.0 Å². The fraction of sp³-hybridized carbons (Fsp3) is 0.500. The maximum atomic E-state index is 12.9. The van der Waals surface area contributed by atoms with E-state index < -0.39 is 66.4 Å². The number of benzene rings is 1. The molecule has 0 radical (unpaired) electrons. The predicted octanol–water partition coefficient (Wildman–Crippen LogP) is -1.59. The van der Waals surface area contributed by atoms with Crippen LogP contribution in [0.5, 0.6) is 5.75 Å². The summed E-state index contributed by atoms with van der Waals surface area (Å²) in [5, 5.41) is 44.8. The highest BCUT2D eigenvalue weighted by Crippen LogP contribution is 2.12. The summed E-state index contributed by atoms with van der Waals surface area (Å²) in [6.07, 6.45) is -0.331. The highest BCUT2D eigenvalue weighted by Gasteiger charge is 2.33. The third kappa shape index (κ3) is 10.5. The summed E-state index contributed by atoms with van der Waals surface area (Å²) >= 11 is 1.37. The van der Waals surface area contributed by atoms with Gasteiger partial charge in [-0.05, 0) is 43.0 Å². The number of phenols is 1. The number of nitrogens with one attached hydrogen (secondary N) is 3. The summed E-state index contributed by atoms with van der Waals surface area (Å²) in [5.41, 5.74) is 6.05. The number of aromatic hydroxyl groups is 1. The van der Waals surface area contributed by atoms with Gasteiger partial charge in [-0.15, -0.1) is 0 Å². The van der Waals surface area contributed by atoms with Crippen LogP contribution in [0.25, 0.3) is 0 Å². The number of thioether (sulfide) groups is 1. The van der Waals surface area contributed by atoms with E-state index in [2.05, 4.69) is 16.0 Å². The van der Waals surface area contributed by atoms with Gasteiger partial charge >= 0.3 is 11.9 Å². The van der Waals surface area contributed by atoms with E-state index in [0.717, 1.165) is 0 Å². The molecule has 0 saturated heterocycles. The zero-order valence-electron chi connectivity index (χ0n) is 19.8. The van der Waals surface area contributed by atoms with E-state index in [-0.39, 0.29) is 18.6 Å². The second-order valence-electron chi connectivity index (χ2n) is 8.04. The van der Waals surface area contributed by atoms with E-state index in [4.69, 9.17) is 10.8 Å². The van der Waals surface area contributed by atoms with E-state index in [9.17, 15) is 39.3 Å². The number of aliphatic hydroxyl groups is 1. The number of carboxylic acids is 2. The Labute approximate surface area is 211 Å². The van der Waals surface area contributed by atoms with Crippen LogP contribution in [0.1, 0.15) is 25.3 Å². The van der Waals surface area contributed by atoms with Gasteiger partial charge < -0.3 is 42.1 Å². The summed E-state index contributed by atoms with van der Waals surface area (Å²) in [7, 11) is 0. The number of hydrogen-bond acceptors (Lipinski definition) is 9. The molecule has 13 nitrogen and oxygen atoms in total. The van der Waals surface area contributed by atoms with Crippen LogP contribution in [-0.2, 0) is 30.4 Å². The molecule has 0 aliphatic heterocycles. The maximum Gasteiger partial charge on any atom is 0.326 e. The molecule has 36 heavy (non-hydrogen) atoms. The first-order chi connectivity index (χ1) is 16.8. The summed E-state index contributed by atoms with van der Waals surface area (Å²) in [4.78, 5) is 60.4. The molecule has 1 rings (SSSR count). The van der Waals surface area contributed by atoms with Crippen LogP contribution in [0, 0.1) is 0 Å². The minimum atomic E-state index is -1.56. The molecule has 5 atom stereocenters. The molecule has 0 saturated carbocycles. The van der Waals surface area contributed by atoms with Crippen molar-refractivity contribution in [1.82, 2.24) is 16.0 Å². The third-order valence-electron chi connectivity index (χ3n) is 5.03. The molecule has 1 aromatic rings. The lowest BCUT2D eigenvalue weighted by molar-refractivity contribution is -0.143. The monoisotopic (exact) mass is 528 g/mol. The first-order valence-corrected chi connectivity index (χ1v) is 12.3. The fourth-order valence-corrected chi connectivity index (χ4v) is 3.52. The molecule has 0 fully saturated rings. The summed E-state index contributed by atoms with van der Waals surface area (Å²) in [6.45, 7) is 1.22. The molecule has 0 heterocycles. The molecule has 0 aliphatic rings. The van der Waals surface area contributed by atoms with Gasteiger partial charge in [-0.25, -0.2) is 4.79 Å². The highest BCUT2D eigenvalue weighted by atomic mass is 32.2. The lowest BCUT2D eigenvalue weighted by atomic mass is 10.0. The molecule has 14 heteroatoms. The van der Waals surface area contributed by atoms with Crippen molar-refractivity contribution in [3.8, 4) is 5.75 Å². The topological polar surface area (TPSA) is 228 Å². The number of phenolic OH excluding ortho intramolecular Hbond substituents is 1. The number of carbonyl (C=O) groups excluding carboxylic acids is 3. The smallest absolute Gasteiger partial charge is 0.326 e. The van der Waals surface area contributed by atoms with Gasteiger partial charge in [0, 0.05) is 6.42 Å². The van der Waals surface area contributed by atoms with E-state index in [1.807, 2.05) is 0 Å². The molecule has 0 bridgehead atoms. The molecule has 9 N–H and O–H groups in total. The average Bonchev–Trinajstić information content (AvgIpc) is 2.79. The maximum absolute atomic E-state index is 12.9. The fourth-order valence-electron chi connectivity index (χ4n) is 3.05. The Morgan fingerprint density at radius 2 is 1.53 bits per heavy atom. The van der Waals surface area contributed by atoms with Crippen LogP contribution < -0.4 is 21.7 Å². The van der Waals surface area contributed by atoms with Gasteiger partial charge in [-0.3, -0.25) is 19.2 Å². The number of carbonyl (C=O) groups is 5. The standard InChI is InChI=1S/C22H32N4O9S/c1-11(27)18(21(33)25-16(22(34)35)9-12-3-5-13(28)6-4-12)26-20(32)15(7-8-36-2)24-19(31)14(23)10-17(29)30/h3-6,11,14-16,18,27-28H,7-10,23H2,1-2H3,(H,24,31)(H,25,33)(H,26,32)(H,29,30)(H,34,35). The average molecular weight is 529 g/mol. The number of amides is 3. The Balaban J connectivity index is 2.95.